The van der Waals surface area contributed by atoms with E-state index in [2.05, 4.69) is 5.32 Å². The van der Waals surface area contributed by atoms with Crippen molar-refractivity contribution in [2.45, 2.75) is 32.6 Å². The van der Waals surface area contributed by atoms with Gasteiger partial charge in [-0.3, -0.25) is 4.79 Å². The number of anilines is 1. The fraction of sp³-hybridized carbons (Fsp3) is 0.409. The number of carbonyl (C=O) groups is 1. The molecule has 156 valence electrons. The van der Waals surface area contributed by atoms with E-state index in [4.69, 9.17) is 11.6 Å². The van der Waals surface area contributed by atoms with E-state index in [1.54, 1.807) is 18.2 Å². The molecule has 1 heterocycles. The van der Waals surface area contributed by atoms with Crippen LogP contribution in [0.1, 0.15) is 30.4 Å². The molecule has 29 heavy (non-hydrogen) atoms. The van der Waals surface area contributed by atoms with Crippen LogP contribution in [0.3, 0.4) is 0 Å². The summed E-state index contributed by atoms with van der Waals surface area (Å²) in [7, 11) is -3.37. The number of sulfonamides is 1. The van der Waals surface area contributed by atoms with Crippen molar-refractivity contribution in [3.63, 3.8) is 0 Å². The Morgan fingerprint density at radius 2 is 1.97 bits per heavy atom. The van der Waals surface area contributed by atoms with Crippen molar-refractivity contribution in [3.05, 3.63) is 64.7 Å². The lowest BCUT2D eigenvalue weighted by Crippen LogP contribution is -2.44. The molecule has 1 aliphatic rings. The van der Waals surface area contributed by atoms with E-state index in [1.807, 2.05) is 37.3 Å². The van der Waals surface area contributed by atoms with Gasteiger partial charge < -0.3 is 5.32 Å². The van der Waals surface area contributed by atoms with Crippen LogP contribution in [0.5, 0.6) is 0 Å². The van der Waals surface area contributed by atoms with Gasteiger partial charge in [0.2, 0.25) is 15.9 Å². The molecule has 0 radical (unpaired) electrons. The zero-order valence-corrected chi connectivity index (χ0v) is 18.2. The predicted octanol–water partition coefficient (Wildman–Crippen LogP) is 4.26. The van der Waals surface area contributed by atoms with Gasteiger partial charge in [-0.2, -0.15) is 0 Å². The summed E-state index contributed by atoms with van der Waals surface area (Å²) in [5.41, 5.74) is 2.73. The highest BCUT2D eigenvalue weighted by Crippen LogP contribution is 2.24. The molecule has 1 amide bonds. The fourth-order valence-corrected chi connectivity index (χ4v) is 5.45. The second kappa shape index (κ2) is 9.74. The maximum atomic E-state index is 12.8. The Hall–Kier alpha value is -1.89. The molecule has 7 heteroatoms. The average molecular weight is 435 g/mol. The van der Waals surface area contributed by atoms with Crippen LogP contribution in [0.25, 0.3) is 0 Å². The number of halogens is 1. The molecule has 1 N–H and O–H groups in total. The van der Waals surface area contributed by atoms with E-state index in [0.717, 1.165) is 17.5 Å². The smallest absolute Gasteiger partial charge is 0.228 e. The number of piperidine rings is 1. The van der Waals surface area contributed by atoms with Crippen molar-refractivity contribution < 1.29 is 13.2 Å². The third kappa shape index (κ3) is 6.04. The van der Waals surface area contributed by atoms with Crippen molar-refractivity contribution in [1.82, 2.24) is 4.31 Å². The van der Waals surface area contributed by atoms with Crippen LogP contribution in [0, 0.1) is 12.8 Å². The van der Waals surface area contributed by atoms with Crippen molar-refractivity contribution >= 4 is 33.2 Å². The molecule has 1 saturated heterocycles. The van der Waals surface area contributed by atoms with Crippen molar-refractivity contribution in [1.29, 1.82) is 0 Å². The number of amides is 1. The SMILES string of the molecule is Cc1cc(Cl)ccc1NC(=O)[C@H]1CCCN(S(=O)(=O)CCCc2ccccc2)C1. The second-order valence-electron chi connectivity index (χ2n) is 7.55. The molecule has 0 saturated carbocycles. The maximum absolute atomic E-state index is 12.8. The molecular formula is C22H27ClN2O3S. The van der Waals surface area contributed by atoms with Crippen LogP contribution in [-0.4, -0.2) is 37.5 Å². The zero-order chi connectivity index (χ0) is 20.9. The summed E-state index contributed by atoms with van der Waals surface area (Å²) in [5.74, 6) is -0.380. The van der Waals surface area contributed by atoms with Crippen molar-refractivity contribution in [3.8, 4) is 0 Å². The summed E-state index contributed by atoms with van der Waals surface area (Å²) in [5, 5.41) is 3.54. The van der Waals surface area contributed by atoms with Crippen LogP contribution in [-0.2, 0) is 21.2 Å². The molecule has 1 atom stereocenters. The van der Waals surface area contributed by atoms with Gasteiger partial charge in [0.05, 0.1) is 11.7 Å². The minimum Gasteiger partial charge on any atom is -0.326 e. The fourth-order valence-electron chi connectivity index (χ4n) is 3.64. The minimum atomic E-state index is -3.37. The molecule has 5 nitrogen and oxygen atoms in total. The van der Waals surface area contributed by atoms with Gasteiger partial charge in [-0.1, -0.05) is 41.9 Å². The second-order valence-corrected chi connectivity index (χ2v) is 10.1. The molecule has 0 aliphatic carbocycles. The summed E-state index contributed by atoms with van der Waals surface area (Å²) in [6, 6.07) is 15.2. The highest BCUT2D eigenvalue weighted by atomic mass is 35.5. The van der Waals surface area contributed by atoms with Gasteiger partial charge in [0.25, 0.3) is 0 Å². The van der Waals surface area contributed by atoms with Gasteiger partial charge in [0, 0.05) is 23.8 Å². The third-order valence-electron chi connectivity index (χ3n) is 5.31. The number of nitrogens with one attached hydrogen (secondary N) is 1. The molecule has 0 unspecified atom stereocenters. The van der Waals surface area contributed by atoms with Gasteiger partial charge in [-0.05, 0) is 61.9 Å². The van der Waals surface area contributed by atoms with Crippen LogP contribution in [0.4, 0.5) is 5.69 Å². The van der Waals surface area contributed by atoms with Crippen LogP contribution in [0.15, 0.2) is 48.5 Å². The van der Waals surface area contributed by atoms with Gasteiger partial charge in [0.1, 0.15) is 0 Å². The zero-order valence-electron chi connectivity index (χ0n) is 16.6. The predicted molar refractivity (Wildman–Crippen MR) is 118 cm³/mol. The molecule has 1 aliphatic heterocycles. The van der Waals surface area contributed by atoms with E-state index in [-0.39, 0.29) is 24.1 Å². The monoisotopic (exact) mass is 434 g/mol. The van der Waals surface area contributed by atoms with E-state index in [9.17, 15) is 13.2 Å². The van der Waals surface area contributed by atoms with Crippen molar-refractivity contribution in [2.24, 2.45) is 5.92 Å². The molecule has 2 aromatic rings. The Morgan fingerprint density at radius 1 is 1.21 bits per heavy atom. The first kappa shape index (κ1) is 21.8. The lowest BCUT2D eigenvalue weighted by molar-refractivity contribution is -0.120. The summed E-state index contributed by atoms with van der Waals surface area (Å²) < 4.78 is 27.0. The molecular weight excluding hydrogens is 408 g/mol. The quantitative estimate of drug-likeness (QED) is 0.707. The number of aryl methyl sites for hydroxylation is 2. The number of nitrogens with zero attached hydrogens (tertiary/aromatic N) is 1. The molecule has 2 aromatic carbocycles. The van der Waals surface area contributed by atoms with Crippen LogP contribution >= 0.6 is 11.6 Å². The highest BCUT2D eigenvalue weighted by Gasteiger charge is 2.32. The van der Waals surface area contributed by atoms with E-state index in [1.165, 1.54) is 4.31 Å². The van der Waals surface area contributed by atoms with Gasteiger partial charge in [0.15, 0.2) is 0 Å². The van der Waals surface area contributed by atoms with Crippen molar-refractivity contribution in [2.75, 3.05) is 24.2 Å². The topological polar surface area (TPSA) is 66.5 Å². The Balaban J connectivity index is 1.56. The largest absolute Gasteiger partial charge is 0.326 e. The summed E-state index contributed by atoms with van der Waals surface area (Å²) in [6.45, 7) is 2.61. The summed E-state index contributed by atoms with van der Waals surface area (Å²) in [4.78, 5) is 12.7. The Labute approximate surface area is 178 Å². The number of carbonyl (C=O) groups excluding carboxylic acids is 1. The number of rotatable bonds is 7. The third-order valence-corrected chi connectivity index (χ3v) is 7.46. The first-order valence-corrected chi connectivity index (χ1v) is 11.9. The van der Waals surface area contributed by atoms with Gasteiger partial charge in [-0.25, -0.2) is 12.7 Å². The Kier molecular flexibility index (Phi) is 7.33. The highest BCUT2D eigenvalue weighted by molar-refractivity contribution is 7.89. The first-order chi connectivity index (χ1) is 13.8. The number of benzene rings is 2. The lowest BCUT2D eigenvalue weighted by atomic mass is 9.98. The number of hydrogen-bond acceptors (Lipinski definition) is 3. The van der Waals surface area contributed by atoms with E-state index in [0.29, 0.717) is 36.5 Å². The first-order valence-electron chi connectivity index (χ1n) is 9.94. The minimum absolute atomic E-state index is 0.104. The van der Waals surface area contributed by atoms with Crippen LogP contribution < -0.4 is 5.32 Å². The van der Waals surface area contributed by atoms with E-state index < -0.39 is 10.0 Å². The van der Waals surface area contributed by atoms with Gasteiger partial charge in [-0.15, -0.1) is 0 Å². The standard InChI is InChI=1S/C22H27ClN2O3S/c1-17-15-20(23)11-12-21(17)24-22(26)19-10-5-13-25(16-19)29(27,28)14-6-9-18-7-3-2-4-8-18/h2-4,7-8,11-12,15,19H,5-6,9-10,13-14,16H2,1H3,(H,24,26)/t19-/m0/s1. The molecule has 3 rings (SSSR count). The summed E-state index contributed by atoms with van der Waals surface area (Å²) >= 11 is 5.97. The molecule has 0 bridgehead atoms. The average Bonchev–Trinajstić information content (AvgIpc) is 2.71. The Bertz CT molecular complexity index is 948. The maximum Gasteiger partial charge on any atom is 0.228 e. The molecule has 0 spiro atoms. The number of hydrogen-bond donors (Lipinski definition) is 1. The van der Waals surface area contributed by atoms with Crippen LogP contribution in [0.2, 0.25) is 5.02 Å². The molecule has 0 aromatic heterocycles. The van der Waals surface area contributed by atoms with Gasteiger partial charge >= 0.3 is 0 Å². The molecule has 1 fully saturated rings. The summed E-state index contributed by atoms with van der Waals surface area (Å²) in [6.07, 6.45) is 2.68. The Morgan fingerprint density at radius 3 is 2.69 bits per heavy atom. The normalized spacial score (nSPS) is 17.8. The van der Waals surface area contributed by atoms with E-state index >= 15 is 0 Å². The lowest BCUT2D eigenvalue weighted by Gasteiger charge is -2.31.